The van der Waals surface area contributed by atoms with Crippen molar-refractivity contribution in [2.24, 2.45) is 7.05 Å². The zero-order chi connectivity index (χ0) is 28.1. The van der Waals surface area contributed by atoms with Gasteiger partial charge in [-0.15, -0.1) is 0 Å². The maximum absolute atomic E-state index is 13.6. The lowest BCUT2D eigenvalue weighted by Crippen LogP contribution is -2.51. The smallest absolute Gasteiger partial charge is 0.263 e. The molecule has 1 N–H and O–H groups in total. The van der Waals surface area contributed by atoms with Gasteiger partial charge in [0, 0.05) is 38.3 Å². The van der Waals surface area contributed by atoms with Crippen molar-refractivity contribution in [1.82, 2.24) is 19.2 Å². The molecule has 40 heavy (non-hydrogen) atoms. The first-order chi connectivity index (χ1) is 19.2. The van der Waals surface area contributed by atoms with E-state index in [2.05, 4.69) is 10.3 Å². The van der Waals surface area contributed by atoms with E-state index in [0.717, 1.165) is 18.4 Å². The van der Waals surface area contributed by atoms with Crippen LogP contribution in [0.1, 0.15) is 47.2 Å². The average Bonchev–Trinajstić information content (AvgIpc) is 3.70. The molecule has 3 aliphatic rings. The molecule has 2 bridgehead atoms. The lowest BCUT2D eigenvalue weighted by atomic mass is 10.1. The summed E-state index contributed by atoms with van der Waals surface area (Å²) in [6.45, 7) is 0.863. The van der Waals surface area contributed by atoms with E-state index in [0.29, 0.717) is 42.4 Å². The van der Waals surface area contributed by atoms with Crippen molar-refractivity contribution in [3.8, 4) is 11.9 Å². The number of aryl methyl sites for hydroxylation is 1. The van der Waals surface area contributed by atoms with Gasteiger partial charge < -0.3 is 19.4 Å². The quantitative estimate of drug-likeness (QED) is 0.437. The Morgan fingerprint density at radius 2 is 1.90 bits per heavy atom. The van der Waals surface area contributed by atoms with Gasteiger partial charge in [0.15, 0.2) is 0 Å². The number of fused-ring (bicyclic) bond motifs is 3. The second-order valence-electron chi connectivity index (χ2n) is 10.7. The van der Waals surface area contributed by atoms with Crippen LogP contribution in [0.15, 0.2) is 47.4 Å². The molecule has 12 heteroatoms. The molecule has 2 aromatic heterocycles. The van der Waals surface area contributed by atoms with Gasteiger partial charge in [-0.25, -0.2) is 13.4 Å². The van der Waals surface area contributed by atoms with E-state index in [4.69, 9.17) is 14.7 Å². The highest BCUT2D eigenvalue weighted by Crippen LogP contribution is 2.47. The normalized spacial score (nSPS) is 21.6. The lowest BCUT2D eigenvalue weighted by Gasteiger charge is -2.34. The number of benzene rings is 1. The minimum Gasteiger partial charge on any atom is -0.474 e. The van der Waals surface area contributed by atoms with E-state index < -0.39 is 26.2 Å². The maximum Gasteiger partial charge on any atom is 0.263 e. The number of ether oxygens (including phenoxy) is 2. The number of pyridine rings is 2. The highest BCUT2D eigenvalue weighted by Gasteiger charge is 2.59. The number of carbonyl (C=O) groups is 1. The zero-order valence-electron chi connectivity index (χ0n) is 22.0. The van der Waals surface area contributed by atoms with Crippen LogP contribution >= 0.6 is 0 Å². The van der Waals surface area contributed by atoms with Crippen molar-refractivity contribution < 1.29 is 22.7 Å². The van der Waals surface area contributed by atoms with Crippen LogP contribution in [0.2, 0.25) is 0 Å². The molecular formula is C28H29N5O6S. The number of sulfonamides is 1. The maximum atomic E-state index is 13.6. The van der Waals surface area contributed by atoms with Crippen molar-refractivity contribution in [2.45, 2.75) is 49.2 Å². The van der Waals surface area contributed by atoms with Gasteiger partial charge in [0.1, 0.15) is 22.4 Å². The summed E-state index contributed by atoms with van der Waals surface area (Å²) in [6, 6.07) is 12.0. The zero-order valence-corrected chi connectivity index (χ0v) is 22.8. The highest BCUT2D eigenvalue weighted by molar-refractivity contribution is 7.90. The molecule has 11 nitrogen and oxygen atoms in total. The Kier molecular flexibility index (Phi) is 6.60. The Hall–Kier alpha value is -3.79. The van der Waals surface area contributed by atoms with Crippen molar-refractivity contribution in [3.63, 3.8) is 0 Å². The molecule has 2 atom stereocenters. The Labute approximate surface area is 231 Å². The molecular weight excluding hydrogens is 534 g/mol. The molecule has 1 amide bonds. The number of hydrogen-bond acceptors (Lipinski definition) is 8. The summed E-state index contributed by atoms with van der Waals surface area (Å²) in [6.07, 6.45) is 4.16. The van der Waals surface area contributed by atoms with E-state index in [1.807, 2.05) is 6.07 Å². The number of hydrogen-bond donors (Lipinski definition) is 1. The molecule has 2 unspecified atom stereocenters. The van der Waals surface area contributed by atoms with Crippen molar-refractivity contribution >= 4 is 26.8 Å². The highest BCUT2D eigenvalue weighted by atomic mass is 32.2. The fourth-order valence-electron chi connectivity index (χ4n) is 5.51. The van der Waals surface area contributed by atoms with Gasteiger partial charge in [-0.3, -0.25) is 9.59 Å². The second-order valence-corrected chi connectivity index (χ2v) is 13.1. The summed E-state index contributed by atoms with van der Waals surface area (Å²) in [5.74, 6) is -0.390. The number of carbonyl (C=O) groups excluding carboxylic acids is 1. The molecule has 1 aromatic carbocycles. The van der Waals surface area contributed by atoms with Crippen LogP contribution in [-0.4, -0.2) is 64.8 Å². The summed E-state index contributed by atoms with van der Waals surface area (Å²) in [4.78, 5) is 30.4. The van der Waals surface area contributed by atoms with Crippen LogP contribution in [0, 0.1) is 11.3 Å². The Balaban J connectivity index is 1.20. The molecule has 3 aromatic rings. The number of morpholine rings is 1. The van der Waals surface area contributed by atoms with Crippen molar-refractivity contribution in [1.29, 1.82) is 5.26 Å². The Morgan fingerprint density at radius 3 is 2.55 bits per heavy atom. The third-order valence-electron chi connectivity index (χ3n) is 8.05. The molecule has 4 heterocycles. The van der Waals surface area contributed by atoms with Gasteiger partial charge in [0.05, 0.1) is 23.8 Å². The largest absolute Gasteiger partial charge is 0.474 e. The van der Waals surface area contributed by atoms with E-state index in [9.17, 15) is 18.0 Å². The van der Waals surface area contributed by atoms with Crippen LogP contribution in [0.3, 0.4) is 0 Å². The third kappa shape index (κ3) is 4.64. The van der Waals surface area contributed by atoms with Crippen LogP contribution in [-0.2, 0) is 28.4 Å². The topological polar surface area (TPSA) is 144 Å². The summed E-state index contributed by atoms with van der Waals surface area (Å²) in [7, 11) is -2.07. The van der Waals surface area contributed by atoms with Crippen LogP contribution in [0.5, 0.6) is 5.88 Å². The Bertz CT molecular complexity index is 1680. The lowest BCUT2D eigenvalue weighted by molar-refractivity contribution is -0.0119. The number of aromatic nitrogens is 2. The number of nitriles is 1. The summed E-state index contributed by atoms with van der Waals surface area (Å²) in [5.41, 5.74) is 1.12. The molecule has 1 aliphatic carbocycles. The fraction of sp³-hybridized carbons (Fsp3) is 0.429. The minimum atomic E-state index is -3.61. The number of rotatable bonds is 8. The van der Waals surface area contributed by atoms with E-state index >= 15 is 0 Å². The molecule has 0 spiro atoms. The van der Waals surface area contributed by atoms with Gasteiger partial charge in [-0.1, -0.05) is 12.1 Å². The van der Waals surface area contributed by atoms with Gasteiger partial charge in [-0.2, -0.15) is 9.57 Å². The molecule has 2 saturated heterocycles. The number of amides is 1. The minimum absolute atomic E-state index is 0.0380. The standard InChI is InChI=1S/C28H29N5O6S/c1-32-24-20(12-23(27(32)35)25(34)31-14-19-4-2-18(13-29)3-5-19)8-11-30-26(24)38-17-28(9-10-28)40(36,37)33-15-21-6-7-22(16-33)39-21/h2-5,8,11-12,21-22H,6-7,9-10,14-17H2,1H3,(H,31,34). The predicted octanol–water partition coefficient (Wildman–Crippen LogP) is 1.84. The Morgan fingerprint density at radius 1 is 1.20 bits per heavy atom. The fourth-order valence-corrected chi connectivity index (χ4v) is 7.61. The van der Waals surface area contributed by atoms with Gasteiger partial charge in [-0.05, 0) is 55.5 Å². The van der Waals surface area contributed by atoms with Crippen LogP contribution < -0.4 is 15.6 Å². The molecule has 0 radical (unpaired) electrons. The summed E-state index contributed by atoms with van der Waals surface area (Å²) in [5, 5.41) is 12.3. The predicted molar refractivity (Wildman–Crippen MR) is 145 cm³/mol. The van der Waals surface area contributed by atoms with Crippen LogP contribution in [0.4, 0.5) is 0 Å². The first-order valence-electron chi connectivity index (χ1n) is 13.2. The van der Waals surface area contributed by atoms with E-state index in [-0.39, 0.29) is 36.8 Å². The molecule has 1 saturated carbocycles. The first-order valence-corrected chi connectivity index (χ1v) is 14.7. The molecule has 2 aliphatic heterocycles. The van der Waals surface area contributed by atoms with E-state index in [1.165, 1.54) is 23.9 Å². The summed E-state index contributed by atoms with van der Waals surface area (Å²) < 4.78 is 40.8. The van der Waals surface area contributed by atoms with E-state index in [1.54, 1.807) is 34.6 Å². The van der Waals surface area contributed by atoms with Gasteiger partial charge >= 0.3 is 0 Å². The molecule has 208 valence electrons. The molecule has 6 rings (SSSR count). The van der Waals surface area contributed by atoms with Gasteiger partial charge in [0.25, 0.3) is 11.5 Å². The third-order valence-corrected chi connectivity index (χ3v) is 10.6. The SMILES string of the molecule is Cn1c(=O)c(C(=O)NCc2ccc(C#N)cc2)cc2ccnc(OCC3(S(=O)(=O)N4CC5CCC(C4)O5)CC3)c21. The molecule has 3 fully saturated rings. The van der Waals surface area contributed by atoms with Crippen LogP contribution in [0.25, 0.3) is 10.9 Å². The first kappa shape index (κ1) is 26.4. The number of nitrogens with zero attached hydrogens (tertiary/aromatic N) is 4. The van der Waals surface area contributed by atoms with Crippen molar-refractivity contribution in [2.75, 3.05) is 19.7 Å². The van der Waals surface area contributed by atoms with Gasteiger partial charge in [0.2, 0.25) is 15.9 Å². The summed E-state index contributed by atoms with van der Waals surface area (Å²) >= 11 is 0. The second kappa shape index (κ2) is 9.99. The average molecular weight is 564 g/mol. The van der Waals surface area contributed by atoms with Crippen molar-refractivity contribution in [3.05, 3.63) is 69.6 Å². The number of nitrogens with one attached hydrogen (secondary N) is 1. The monoisotopic (exact) mass is 563 g/mol.